The van der Waals surface area contributed by atoms with E-state index < -0.39 is 0 Å². The molecule has 0 radical (unpaired) electrons. The van der Waals surface area contributed by atoms with Crippen molar-refractivity contribution in [3.05, 3.63) is 0 Å². The van der Waals surface area contributed by atoms with Crippen LogP contribution in [-0.4, -0.2) is 22.4 Å². The summed E-state index contributed by atoms with van der Waals surface area (Å²) in [5, 5.41) is 9.55. The van der Waals surface area contributed by atoms with Crippen molar-refractivity contribution >= 4 is 0 Å². The van der Waals surface area contributed by atoms with Crippen LogP contribution >= 0.6 is 0 Å². The summed E-state index contributed by atoms with van der Waals surface area (Å²) in [6.07, 6.45) is 5.60. The molecular weight excluding hydrogens is 200 g/mol. The summed E-state index contributed by atoms with van der Waals surface area (Å²) in [4.78, 5) is 0. The zero-order chi connectivity index (χ0) is 12.0. The van der Waals surface area contributed by atoms with E-state index in [2.05, 4.69) is 27.7 Å². The summed E-state index contributed by atoms with van der Waals surface area (Å²) < 4.78 is 5.78. The first-order chi connectivity index (χ1) is 7.34. The van der Waals surface area contributed by atoms with E-state index in [0.717, 1.165) is 31.1 Å². The molecule has 2 heteroatoms. The molecule has 16 heavy (non-hydrogen) atoms. The first-order valence-electron chi connectivity index (χ1n) is 6.72. The fourth-order valence-electron chi connectivity index (χ4n) is 3.14. The number of aliphatic hydroxyl groups is 1. The summed E-state index contributed by atoms with van der Waals surface area (Å²) in [6, 6.07) is 0. The molecule has 0 amide bonds. The average Bonchev–Trinajstić information content (AvgIpc) is 2.57. The molecule has 2 fully saturated rings. The molecule has 0 spiro atoms. The molecule has 3 unspecified atom stereocenters. The molecule has 1 saturated heterocycles. The Hall–Kier alpha value is -0.0800. The van der Waals surface area contributed by atoms with E-state index in [1.807, 2.05) is 0 Å². The Morgan fingerprint density at radius 1 is 1.31 bits per heavy atom. The summed E-state index contributed by atoms with van der Waals surface area (Å²) in [7, 11) is 0. The number of aliphatic hydroxyl groups excluding tert-OH is 1. The molecule has 0 aromatic heterocycles. The lowest BCUT2D eigenvalue weighted by Crippen LogP contribution is -2.19. The van der Waals surface area contributed by atoms with Gasteiger partial charge in [-0.25, -0.2) is 0 Å². The van der Waals surface area contributed by atoms with Crippen LogP contribution in [0.5, 0.6) is 0 Å². The smallest absolute Gasteiger partial charge is 0.0946 e. The van der Waals surface area contributed by atoms with Crippen LogP contribution in [0.4, 0.5) is 0 Å². The molecule has 0 aromatic carbocycles. The van der Waals surface area contributed by atoms with Crippen molar-refractivity contribution in [2.75, 3.05) is 0 Å². The quantitative estimate of drug-likeness (QED) is 0.747. The minimum atomic E-state index is -0.0309. The molecule has 2 aliphatic rings. The van der Waals surface area contributed by atoms with Gasteiger partial charge in [0.1, 0.15) is 0 Å². The topological polar surface area (TPSA) is 32.8 Å². The normalized spacial score (nSPS) is 43.3. The van der Waals surface area contributed by atoms with Gasteiger partial charge in [-0.05, 0) is 64.7 Å². The predicted molar refractivity (Wildman–Crippen MR) is 65.3 cm³/mol. The van der Waals surface area contributed by atoms with Crippen molar-refractivity contribution in [3.8, 4) is 0 Å². The SMILES string of the molecule is CC(CC[C@]1(C)OC1(C)C)C1CCC(O)C1. The van der Waals surface area contributed by atoms with Crippen LogP contribution < -0.4 is 0 Å². The first-order valence-corrected chi connectivity index (χ1v) is 6.72. The molecule has 94 valence electrons. The Kier molecular flexibility index (Phi) is 3.09. The second-order valence-electron chi connectivity index (χ2n) is 6.59. The van der Waals surface area contributed by atoms with Crippen LogP contribution in [0.3, 0.4) is 0 Å². The van der Waals surface area contributed by atoms with E-state index in [0.29, 0.717) is 0 Å². The van der Waals surface area contributed by atoms with Gasteiger partial charge in [0.2, 0.25) is 0 Å². The molecule has 1 heterocycles. The van der Waals surface area contributed by atoms with Gasteiger partial charge in [-0.2, -0.15) is 0 Å². The maximum atomic E-state index is 9.55. The van der Waals surface area contributed by atoms with Crippen molar-refractivity contribution in [3.63, 3.8) is 0 Å². The number of ether oxygens (including phenoxy) is 1. The van der Waals surface area contributed by atoms with Gasteiger partial charge in [0, 0.05) is 0 Å². The summed E-state index contributed by atoms with van der Waals surface area (Å²) >= 11 is 0. The largest absolute Gasteiger partial charge is 0.393 e. The van der Waals surface area contributed by atoms with Gasteiger partial charge in [-0.1, -0.05) is 6.92 Å². The van der Waals surface area contributed by atoms with Crippen LogP contribution in [0.2, 0.25) is 0 Å². The predicted octanol–water partition coefficient (Wildman–Crippen LogP) is 3.13. The molecule has 1 saturated carbocycles. The lowest BCUT2D eigenvalue weighted by atomic mass is 9.84. The third-order valence-electron chi connectivity index (χ3n) is 5.04. The third-order valence-corrected chi connectivity index (χ3v) is 5.04. The lowest BCUT2D eigenvalue weighted by Gasteiger charge is -2.20. The second kappa shape index (κ2) is 3.99. The highest BCUT2D eigenvalue weighted by atomic mass is 16.6. The van der Waals surface area contributed by atoms with Gasteiger partial charge < -0.3 is 9.84 Å². The van der Waals surface area contributed by atoms with E-state index in [1.165, 1.54) is 12.8 Å². The minimum absolute atomic E-state index is 0.0309. The minimum Gasteiger partial charge on any atom is -0.393 e. The molecule has 1 aliphatic carbocycles. The molecule has 1 aliphatic heterocycles. The molecular formula is C14H26O2. The van der Waals surface area contributed by atoms with Gasteiger partial charge in [0.25, 0.3) is 0 Å². The highest BCUT2D eigenvalue weighted by molar-refractivity contribution is 5.07. The molecule has 2 rings (SSSR count). The Labute approximate surface area is 99.4 Å². The Morgan fingerprint density at radius 3 is 2.38 bits per heavy atom. The average molecular weight is 226 g/mol. The zero-order valence-electron chi connectivity index (χ0n) is 11.1. The van der Waals surface area contributed by atoms with Crippen molar-refractivity contribution in [2.24, 2.45) is 11.8 Å². The van der Waals surface area contributed by atoms with Crippen LogP contribution in [0, 0.1) is 11.8 Å². The fraction of sp³-hybridized carbons (Fsp3) is 1.00. The van der Waals surface area contributed by atoms with Crippen molar-refractivity contribution < 1.29 is 9.84 Å². The fourth-order valence-corrected chi connectivity index (χ4v) is 3.14. The van der Waals surface area contributed by atoms with E-state index in [1.54, 1.807) is 0 Å². The highest BCUT2D eigenvalue weighted by Gasteiger charge is 2.59. The standard InChI is InChI=1S/C14H26O2/c1-10(11-5-6-12(15)9-11)7-8-14(4)13(2,3)16-14/h10-12,15H,5-9H2,1-4H3/t10?,11?,12?,14-/m0/s1. The summed E-state index contributed by atoms with van der Waals surface area (Å²) in [6.45, 7) is 8.92. The molecule has 0 aromatic rings. The number of hydrogen-bond acceptors (Lipinski definition) is 2. The van der Waals surface area contributed by atoms with E-state index in [4.69, 9.17) is 4.74 Å². The van der Waals surface area contributed by atoms with E-state index >= 15 is 0 Å². The van der Waals surface area contributed by atoms with Crippen molar-refractivity contribution in [1.29, 1.82) is 0 Å². The van der Waals surface area contributed by atoms with Gasteiger partial charge in [0.05, 0.1) is 17.3 Å². The van der Waals surface area contributed by atoms with Gasteiger partial charge in [-0.15, -0.1) is 0 Å². The van der Waals surface area contributed by atoms with Crippen molar-refractivity contribution in [2.45, 2.75) is 77.1 Å². The summed E-state index contributed by atoms with van der Waals surface area (Å²) in [5.74, 6) is 1.47. The molecule has 4 atom stereocenters. The molecule has 2 nitrogen and oxygen atoms in total. The summed E-state index contributed by atoms with van der Waals surface area (Å²) in [5.41, 5.74) is 0.195. The molecule has 1 N–H and O–H groups in total. The third kappa shape index (κ3) is 2.28. The van der Waals surface area contributed by atoms with Gasteiger partial charge >= 0.3 is 0 Å². The van der Waals surface area contributed by atoms with E-state index in [-0.39, 0.29) is 17.3 Å². The van der Waals surface area contributed by atoms with Crippen molar-refractivity contribution in [1.82, 2.24) is 0 Å². The molecule has 0 bridgehead atoms. The number of rotatable bonds is 4. The monoisotopic (exact) mass is 226 g/mol. The van der Waals surface area contributed by atoms with Crippen LogP contribution in [0.15, 0.2) is 0 Å². The number of epoxide rings is 1. The highest BCUT2D eigenvalue weighted by Crippen LogP contribution is 2.51. The second-order valence-corrected chi connectivity index (χ2v) is 6.59. The Balaban J connectivity index is 1.74. The maximum absolute atomic E-state index is 9.55. The zero-order valence-corrected chi connectivity index (χ0v) is 11.1. The van der Waals surface area contributed by atoms with Gasteiger partial charge in [-0.3, -0.25) is 0 Å². The van der Waals surface area contributed by atoms with Gasteiger partial charge in [0.15, 0.2) is 0 Å². The van der Waals surface area contributed by atoms with Crippen LogP contribution in [-0.2, 0) is 4.74 Å². The van der Waals surface area contributed by atoms with E-state index in [9.17, 15) is 5.11 Å². The van der Waals surface area contributed by atoms with Crippen LogP contribution in [0.1, 0.15) is 59.8 Å². The Morgan fingerprint density at radius 2 is 1.94 bits per heavy atom. The number of hydrogen-bond donors (Lipinski definition) is 1. The maximum Gasteiger partial charge on any atom is 0.0946 e. The lowest BCUT2D eigenvalue weighted by molar-refractivity contribution is 0.169. The van der Waals surface area contributed by atoms with Crippen LogP contribution in [0.25, 0.3) is 0 Å². The Bertz CT molecular complexity index is 261. The first kappa shape index (κ1) is 12.4.